The van der Waals surface area contributed by atoms with Crippen LogP contribution in [0.5, 0.6) is 5.75 Å². The number of esters is 2. The van der Waals surface area contributed by atoms with Crippen LogP contribution >= 0.6 is 0 Å². The predicted molar refractivity (Wildman–Crippen MR) is 219 cm³/mol. The molecule has 0 radical (unpaired) electrons. The van der Waals surface area contributed by atoms with Crippen LogP contribution in [0.2, 0.25) is 0 Å². The first-order valence-corrected chi connectivity index (χ1v) is 21.8. The van der Waals surface area contributed by atoms with E-state index in [2.05, 4.69) is 40.3 Å². The Balaban J connectivity index is 2.45. The van der Waals surface area contributed by atoms with Gasteiger partial charge < -0.3 is 24.0 Å². The van der Waals surface area contributed by atoms with Crippen molar-refractivity contribution in [3.05, 3.63) is 29.8 Å². The molecule has 0 fully saturated rings. The van der Waals surface area contributed by atoms with Crippen molar-refractivity contribution in [3.8, 4) is 5.75 Å². The van der Waals surface area contributed by atoms with Crippen LogP contribution in [0.1, 0.15) is 191 Å². The molecule has 0 aromatic heterocycles. The molecule has 1 unspecified atom stereocenters. The molecule has 1 N–H and O–H groups in total. The number of hydrogen-bond donors (Lipinski definition) is 1. The van der Waals surface area contributed by atoms with Crippen LogP contribution in [0.25, 0.3) is 0 Å². The van der Waals surface area contributed by atoms with E-state index in [1.165, 1.54) is 116 Å². The van der Waals surface area contributed by atoms with Gasteiger partial charge in [0.15, 0.2) is 0 Å². The van der Waals surface area contributed by atoms with E-state index >= 15 is 0 Å². The third-order valence-electron chi connectivity index (χ3n) is 9.88. The highest BCUT2D eigenvalue weighted by molar-refractivity contribution is 5.97. The van der Waals surface area contributed by atoms with Gasteiger partial charge in [0.05, 0.1) is 34.4 Å². The van der Waals surface area contributed by atoms with Gasteiger partial charge in [0.1, 0.15) is 24.9 Å². The quantitative estimate of drug-likeness (QED) is 0.0418. The van der Waals surface area contributed by atoms with Gasteiger partial charge in [-0.1, -0.05) is 155 Å². The topological polar surface area (TPSA) is 90.9 Å². The summed E-state index contributed by atoms with van der Waals surface area (Å²) in [5.41, 5.74) is 0.414. The highest BCUT2D eigenvalue weighted by atomic mass is 16.5. The molecule has 8 nitrogen and oxygen atoms in total. The highest BCUT2D eigenvalue weighted by Crippen LogP contribution is 2.16. The van der Waals surface area contributed by atoms with Gasteiger partial charge in [0.25, 0.3) is 5.91 Å². The summed E-state index contributed by atoms with van der Waals surface area (Å²) in [5, 5.41) is 2.82. The fourth-order valence-corrected chi connectivity index (χ4v) is 6.31. The number of quaternary nitrogens is 1. The van der Waals surface area contributed by atoms with E-state index in [1.54, 1.807) is 24.3 Å². The van der Waals surface area contributed by atoms with Crippen molar-refractivity contribution in [2.24, 2.45) is 0 Å². The van der Waals surface area contributed by atoms with E-state index < -0.39 is 12.0 Å². The van der Waals surface area contributed by atoms with E-state index in [-0.39, 0.29) is 24.7 Å². The summed E-state index contributed by atoms with van der Waals surface area (Å²) in [6, 6.07) is 5.97. The first-order valence-electron chi connectivity index (χ1n) is 21.8. The second-order valence-electron chi connectivity index (χ2n) is 16.1. The number of ether oxygens (including phenoxy) is 3. The van der Waals surface area contributed by atoms with Crippen LogP contribution in [-0.4, -0.2) is 75.9 Å². The average molecular weight is 746 g/mol. The first-order chi connectivity index (χ1) is 25.7. The molecule has 306 valence electrons. The Morgan fingerprint density at radius 3 is 1.42 bits per heavy atom. The van der Waals surface area contributed by atoms with Crippen LogP contribution < -0.4 is 10.1 Å². The molecule has 1 amide bonds. The maximum atomic E-state index is 13.2. The summed E-state index contributed by atoms with van der Waals surface area (Å²) < 4.78 is 17.7. The Bertz CT molecular complexity index is 1040. The largest absolute Gasteiger partial charge is 0.488 e. The smallest absolute Gasteiger partial charge is 0.328 e. The number of hydrogen-bond acceptors (Lipinski definition) is 6. The molecule has 0 saturated carbocycles. The van der Waals surface area contributed by atoms with E-state index in [1.807, 2.05) is 0 Å². The van der Waals surface area contributed by atoms with Crippen LogP contribution in [0, 0.1) is 0 Å². The summed E-state index contributed by atoms with van der Waals surface area (Å²) in [5.74, 6) is -0.559. The van der Waals surface area contributed by atoms with Crippen LogP contribution in [-0.2, 0) is 19.1 Å². The Hall–Kier alpha value is -2.61. The summed E-state index contributed by atoms with van der Waals surface area (Å²) in [6.07, 6.45) is 29.9. The minimum absolute atomic E-state index is 0.0377. The van der Waals surface area contributed by atoms with Gasteiger partial charge in [0.2, 0.25) is 0 Å². The van der Waals surface area contributed by atoms with Crippen LogP contribution in [0.4, 0.5) is 0 Å². The predicted octanol–water partition coefficient (Wildman–Crippen LogP) is 11.1. The zero-order valence-electron chi connectivity index (χ0n) is 35.0. The minimum Gasteiger partial charge on any atom is -0.488 e. The molecule has 1 aromatic rings. The van der Waals surface area contributed by atoms with Gasteiger partial charge in [0, 0.05) is 12.0 Å². The van der Waals surface area contributed by atoms with E-state index in [4.69, 9.17) is 14.2 Å². The monoisotopic (exact) mass is 746 g/mol. The number of unbranched alkanes of at least 4 members (excludes halogenated alkanes) is 22. The average Bonchev–Trinajstić information content (AvgIpc) is 3.13. The SMILES string of the molecule is CCCCCCCCCCCCCCOC(=O)CCC(NC(=O)c1ccc(OCC[N+](C)(C)C)cc1)C(=O)OCCCCCCCCCCCCCC. The molecule has 0 spiro atoms. The standard InChI is InChI=1S/C45H80N2O6/c1-6-8-10-12-14-16-18-20-22-24-26-28-37-52-43(48)35-34-42(45(50)53-38-29-27-25-23-21-19-17-15-13-11-9-7-2)46-44(49)40-30-32-41(33-31-40)51-39-36-47(3,4)5/h30-33,42H,6-29,34-39H2,1-5H3/p+1. The molecule has 1 aromatic carbocycles. The number of rotatable bonds is 36. The van der Waals surface area contributed by atoms with Gasteiger partial charge in [-0.25, -0.2) is 4.79 Å². The number of likely N-dealkylation sites (N-methyl/N-ethyl adjacent to an activating group) is 1. The summed E-state index contributed by atoms with van der Waals surface area (Å²) in [6.45, 7) is 6.63. The van der Waals surface area contributed by atoms with Crippen molar-refractivity contribution in [2.75, 3.05) is 47.5 Å². The lowest BCUT2D eigenvalue weighted by molar-refractivity contribution is -0.870. The Labute approximate surface area is 325 Å². The number of carbonyl (C=O) groups excluding carboxylic acids is 3. The van der Waals surface area contributed by atoms with Gasteiger partial charge in [-0.15, -0.1) is 0 Å². The van der Waals surface area contributed by atoms with E-state index in [0.29, 0.717) is 31.1 Å². The second-order valence-corrected chi connectivity index (χ2v) is 16.1. The van der Waals surface area contributed by atoms with Crippen molar-refractivity contribution in [3.63, 3.8) is 0 Å². The fraction of sp³-hybridized carbons (Fsp3) is 0.800. The Kier molecular flexibility index (Phi) is 29.9. The molecule has 53 heavy (non-hydrogen) atoms. The molecule has 1 atom stereocenters. The molecular weight excluding hydrogens is 665 g/mol. The molecule has 0 saturated heterocycles. The molecule has 0 heterocycles. The summed E-state index contributed by atoms with van der Waals surface area (Å²) in [7, 11) is 6.32. The normalized spacial score (nSPS) is 12.0. The third-order valence-corrected chi connectivity index (χ3v) is 9.88. The van der Waals surface area contributed by atoms with E-state index in [9.17, 15) is 14.4 Å². The van der Waals surface area contributed by atoms with Crippen molar-refractivity contribution in [2.45, 2.75) is 187 Å². The fourth-order valence-electron chi connectivity index (χ4n) is 6.31. The lowest BCUT2D eigenvalue weighted by atomic mass is 10.1. The molecule has 0 bridgehead atoms. The molecule has 8 heteroatoms. The first kappa shape index (κ1) is 48.4. The third kappa shape index (κ3) is 29.4. The molecule has 1 rings (SSSR count). The molecule has 0 aliphatic rings. The summed E-state index contributed by atoms with van der Waals surface area (Å²) >= 11 is 0. The molecular formula is C45H81N2O6+. The minimum atomic E-state index is -0.931. The summed E-state index contributed by atoms with van der Waals surface area (Å²) in [4.78, 5) is 38.9. The lowest BCUT2D eigenvalue weighted by Crippen LogP contribution is -2.42. The van der Waals surface area contributed by atoms with Crippen molar-refractivity contribution in [1.29, 1.82) is 0 Å². The van der Waals surface area contributed by atoms with Crippen molar-refractivity contribution < 1.29 is 33.1 Å². The molecule has 0 aliphatic heterocycles. The van der Waals surface area contributed by atoms with Gasteiger partial charge in [-0.2, -0.15) is 0 Å². The zero-order valence-corrected chi connectivity index (χ0v) is 35.0. The Morgan fingerprint density at radius 2 is 0.981 bits per heavy atom. The maximum absolute atomic E-state index is 13.2. The number of amides is 1. The Morgan fingerprint density at radius 1 is 0.566 bits per heavy atom. The zero-order chi connectivity index (χ0) is 38.8. The van der Waals surface area contributed by atoms with Gasteiger partial charge in [-0.05, 0) is 43.5 Å². The van der Waals surface area contributed by atoms with Gasteiger partial charge in [-0.3, -0.25) is 9.59 Å². The van der Waals surface area contributed by atoms with Crippen molar-refractivity contribution in [1.82, 2.24) is 5.32 Å². The number of carbonyl (C=O) groups is 3. The van der Waals surface area contributed by atoms with Crippen molar-refractivity contribution >= 4 is 17.8 Å². The lowest BCUT2D eigenvalue weighted by Gasteiger charge is -2.23. The number of benzene rings is 1. The maximum Gasteiger partial charge on any atom is 0.328 e. The molecule has 0 aliphatic carbocycles. The highest BCUT2D eigenvalue weighted by Gasteiger charge is 2.24. The number of nitrogens with zero attached hydrogens (tertiary/aromatic N) is 1. The van der Waals surface area contributed by atoms with E-state index in [0.717, 1.165) is 49.6 Å². The number of nitrogens with one attached hydrogen (secondary N) is 1. The van der Waals surface area contributed by atoms with Crippen LogP contribution in [0.15, 0.2) is 24.3 Å². The van der Waals surface area contributed by atoms with Crippen LogP contribution in [0.3, 0.4) is 0 Å². The van der Waals surface area contributed by atoms with Gasteiger partial charge >= 0.3 is 11.9 Å². The second kappa shape index (κ2) is 32.8.